The van der Waals surface area contributed by atoms with Crippen molar-refractivity contribution in [2.24, 2.45) is 34.5 Å². The monoisotopic (exact) mass is 344 g/mol. The number of allylic oxidation sites excluding steroid dienone is 1. The topological polar surface area (TPSA) is 71.4 Å². The van der Waals surface area contributed by atoms with Crippen LogP contribution in [0.3, 0.4) is 0 Å². The highest BCUT2D eigenvalue weighted by molar-refractivity contribution is 5.93. The second-order valence-electron chi connectivity index (χ2n) is 9.37. The first-order valence-corrected chi connectivity index (χ1v) is 9.63. The lowest BCUT2D eigenvalue weighted by Crippen LogP contribution is -2.56. The van der Waals surface area contributed by atoms with E-state index in [0.717, 1.165) is 24.8 Å². The molecular weight excluding hydrogens is 316 g/mol. The zero-order chi connectivity index (χ0) is 18.1. The van der Waals surface area contributed by atoms with Crippen molar-refractivity contribution in [2.75, 3.05) is 0 Å². The van der Waals surface area contributed by atoms with Gasteiger partial charge in [0, 0.05) is 24.7 Å². The molecular formula is C21H28O4. The van der Waals surface area contributed by atoms with Crippen molar-refractivity contribution in [3.63, 3.8) is 0 Å². The van der Waals surface area contributed by atoms with E-state index in [9.17, 15) is 19.5 Å². The molecule has 4 nitrogen and oxygen atoms in total. The lowest BCUT2D eigenvalue weighted by Gasteiger charge is -2.57. The van der Waals surface area contributed by atoms with Gasteiger partial charge in [-0.1, -0.05) is 19.4 Å². The number of aliphatic hydroxyl groups excluding tert-OH is 1. The minimum absolute atomic E-state index is 0.0140. The Morgan fingerprint density at radius 2 is 1.96 bits per heavy atom. The predicted octanol–water partition coefficient (Wildman–Crippen LogP) is 2.87. The molecule has 0 aromatic rings. The highest BCUT2D eigenvalue weighted by Crippen LogP contribution is 2.65. The number of carbonyl (C=O) groups excluding carboxylic acids is 3. The molecule has 4 rings (SSSR count). The summed E-state index contributed by atoms with van der Waals surface area (Å²) in [5.41, 5.74) is 0.479. The number of carbonyl (C=O) groups is 3. The van der Waals surface area contributed by atoms with E-state index in [1.54, 1.807) is 13.0 Å². The molecule has 0 aliphatic heterocycles. The molecule has 0 aromatic carbocycles. The SMILES string of the molecule is CC(=O)[C@@H]1C[C@H](O)[C@@H]2[C@@H]3CCC4=CC(=O)CC[C@]4(C)[C@H]3C(=O)C[C@]21C. The Morgan fingerprint density at radius 1 is 1.24 bits per heavy atom. The molecule has 1 N–H and O–H groups in total. The highest BCUT2D eigenvalue weighted by atomic mass is 16.3. The maximum atomic E-state index is 13.3. The maximum Gasteiger partial charge on any atom is 0.155 e. The van der Waals surface area contributed by atoms with Crippen LogP contribution in [0.15, 0.2) is 11.6 Å². The Morgan fingerprint density at radius 3 is 2.64 bits per heavy atom. The van der Waals surface area contributed by atoms with Crippen LogP contribution in [0.2, 0.25) is 0 Å². The van der Waals surface area contributed by atoms with E-state index in [4.69, 9.17) is 0 Å². The molecule has 7 atom stereocenters. The van der Waals surface area contributed by atoms with Crippen molar-refractivity contribution < 1.29 is 19.5 Å². The molecule has 3 saturated carbocycles. The van der Waals surface area contributed by atoms with Crippen molar-refractivity contribution in [1.29, 1.82) is 0 Å². The van der Waals surface area contributed by atoms with Crippen molar-refractivity contribution in [2.45, 2.75) is 65.4 Å². The van der Waals surface area contributed by atoms with E-state index in [1.165, 1.54) is 0 Å². The van der Waals surface area contributed by atoms with Crippen molar-refractivity contribution in [1.82, 2.24) is 0 Å². The van der Waals surface area contributed by atoms with E-state index in [1.807, 2.05) is 6.92 Å². The van der Waals surface area contributed by atoms with Gasteiger partial charge in [-0.2, -0.15) is 0 Å². The molecule has 0 aromatic heterocycles. The Balaban J connectivity index is 1.77. The Kier molecular flexibility index (Phi) is 3.67. The van der Waals surface area contributed by atoms with Crippen molar-refractivity contribution in [3.05, 3.63) is 11.6 Å². The predicted molar refractivity (Wildman–Crippen MR) is 92.7 cm³/mol. The standard InChI is InChI=1S/C21H28O4/c1-11(22)15-9-16(24)18-14-5-4-12-8-13(23)6-7-20(12,2)19(14)17(25)10-21(15,18)3/h8,14-16,18-19,24H,4-7,9-10H2,1-3H3/t14-,15-,16-,18-,19+,20-,21-/m0/s1. The van der Waals surface area contributed by atoms with Gasteiger partial charge in [-0.25, -0.2) is 0 Å². The second-order valence-corrected chi connectivity index (χ2v) is 9.37. The van der Waals surface area contributed by atoms with Gasteiger partial charge in [0.25, 0.3) is 0 Å². The molecule has 0 radical (unpaired) electrons. The number of rotatable bonds is 1. The van der Waals surface area contributed by atoms with Gasteiger partial charge in [0.1, 0.15) is 11.6 Å². The van der Waals surface area contributed by atoms with Gasteiger partial charge < -0.3 is 5.11 Å². The highest BCUT2D eigenvalue weighted by Gasteiger charge is 2.65. The molecule has 0 amide bonds. The fourth-order valence-corrected chi connectivity index (χ4v) is 7.09. The van der Waals surface area contributed by atoms with E-state index in [0.29, 0.717) is 19.3 Å². The normalized spacial score (nSPS) is 49.1. The van der Waals surface area contributed by atoms with Crippen molar-refractivity contribution >= 4 is 17.3 Å². The number of ketones is 3. The van der Waals surface area contributed by atoms with Gasteiger partial charge in [-0.3, -0.25) is 14.4 Å². The lowest BCUT2D eigenvalue weighted by molar-refractivity contribution is -0.151. The third kappa shape index (κ3) is 2.19. The van der Waals surface area contributed by atoms with Gasteiger partial charge in [-0.05, 0) is 61.3 Å². The molecule has 0 bridgehead atoms. The van der Waals surface area contributed by atoms with Gasteiger partial charge in [-0.15, -0.1) is 0 Å². The molecule has 4 aliphatic rings. The Hall–Kier alpha value is -1.29. The zero-order valence-electron chi connectivity index (χ0n) is 15.4. The summed E-state index contributed by atoms with van der Waals surface area (Å²) in [5.74, 6) is 0.333. The molecule has 0 heterocycles. The van der Waals surface area contributed by atoms with Crippen LogP contribution >= 0.6 is 0 Å². The first-order valence-electron chi connectivity index (χ1n) is 9.63. The third-order valence-electron chi connectivity index (χ3n) is 8.12. The van der Waals surface area contributed by atoms with Gasteiger partial charge in [0.2, 0.25) is 0 Å². The lowest BCUT2D eigenvalue weighted by atomic mass is 9.46. The number of hydrogen-bond donors (Lipinski definition) is 1. The van der Waals surface area contributed by atoms with Crippen LogP contribution in [0.5, 0.6) is 0 Å². The molecule has 0 saturated heterocycles. The molecule has 3 fully saturated rings. The quantitative estimate of drug-likeness (QED) is 0.794. The first-order chi connectivity index (χ1) is 11.7. The van der Waals surface area contributed by atoms with E-state index in [-0.39, 0.29) is 46.4 Å². The molecule has 4 aliphatic carbocycles. The van der Waals surface area contributed by atoms with E-state index < -0.39 is 11.5 Å². The fourth-order valence-electron chi connectivity index (χ4n) is 7.09. The molecule has 25 heavy (non-hydrogen) atoms. The number of fused-ring (bicyclic) bond motifs is 5. The summed E-state index contributed by atoms with van der Waals surface area (Å²) in [6.07, 6.45) is 5.08. The summed E-state index contributed by atoms with van der Waals surface area (Å²) in [7, 11) is 0. The van der Waals surface area contributed by atoms with Crippen LogP contribution in [-0.2, 0) is 14.4 Å². The largest absolute Gasteiger partial charge is 0.393 e. The fraction of sp³-hybridized carbons (Fsp3) is 0.762. The van der Waals surface area contributed by atoms with Crippen LogP contribution in [-0.4, -0.2) is 28.6 Å². The summed E-state index contributed by atoms with van der Waals surface area (Å²) < 4.78 is 0. The minimum atomic E-state index is -0.501. The molecule has 136 valence electrons. The summed E-state index contributed by atoms with van der Waals surface area (Å²) in [6.45, 7) is 5.79. The molecule has 0 unspecified atom stereocenters. The number of hydrogen-bond acceptors (Lipinski definition) is 4. The summed E-state index contributed by atoms with van der Waals surface area (Å²) in [4.78, 5) is 37.3. The van der Waals surface area contributed by atoms with Crippen LogP contribution in [0.1, 0.15) is 59.3 Å². The smallest absolute Gasteiger partial charge is 0.155 e. The number of aliphatic hydroxyl groups is 1. The minimum Gasteiger partial charge on any atom is -0.393 e. The van der Waals surface area contributed by atoms with Crippen molar-refractivity contribution in [3.8, 4) is 0 Å². The maximum absolute atomic E-state index is 13.3. The van der Waals surface area contributed by atoms with Gasteiger partial charge in [0.15, 0.2) is 5.78 Å². The summed E-state index contributed by atoms with van der Waals surface area (Å²) in [5, 5.41) is 10.8. The average Bonchev–Trinajstić information content (AvgIpc) is 2.78. The summed E-state index contributed by atoms with van der Waals surface area (Å²) in [6, 6.07) is 0. The van der Waals surface area contributed by atoms with Gasteiger partial charge >= 0.3 is 0 Å². The Bertz CT molecular complexity index is 692. The second kappa shape index (κ2) is 5.35. The van der Waals surface area contributed by atoms with Crippen LogP contribution in [0.25, 0.3) is 0 Å². The Labute approximate surface area is 149 Å². The van der Waals surface area contributed by atoms with Gasteiger partial charge in [0.05, 0.1) is 6.10 Å². The molecule has 0 spiro atoms. The van der Waals surface area contributed by atoms with E-state index in [2.05, 4.69) is 6.92 Å². The average molecular weight is 344 g/mol. The van der Waals surface area contributed by atoms with Crippen LogP contribution in [0, 0.1) is 34.5 Å². The third-order valence-corrected chi connectivity index (χ3v) is 8.12. The van der Waals surface area contributed by atoms with Crippen LogP contribution < -0.4 is 0 Å². The molecule has 4 heteroatoms. The van der Waals surface area contributed by atoms with Crippen LogP contribution in [0.4, 0.5) is 0 Å². The first kappa shape index (κ1) is 17.1. The number of Topliss-reactive ketones (excluding diaryl/α,β-unsaturated/α-hetero) is 2. The zero-order valence-corrected chi connectivity index (χ0v) is 15.4. The van der Waals surface area contributed by atoms with E-state index >= 15 is 0 Å². The summed E-state index contributed by atoms with van der Waals surface area (Å²) >= 11 is 0.